The fraction of sp³-hybridized carbons (Fsp3) is 0.348. The lowest BCUT2D eigenvalue weighted by molar-refractivity contribution is 0.359. The zero-order valence-electron chi connectivity index (χ0n) is 18.2. The molecule has 0 saturated heterocycles. The molecule has 0 atom stereocenters. The average molecular weight is 414 g/mol. The number of benzene rings is 2. The van der Waals surface area contributed by atoms with E-state index in [9.17, 15) is 0 Å². The van der Waals surface area contributed by atoms with Gasteiger partial charge < -0.3 is 29.6 Å². The fourth-order valence-corrected chi connectivity index (χ4v) is 2.85. The number of hydrogen-bond acceptors (Lipinski definition) is 5. The van der Waals surface area contributed by atoms with Crippen molar-refractivity contribution in [1.29, 1.82) is 0 Å². The van der Waals surface area contributed by atoms with Crippen molar-refractivity contribution in [1.82, 2.24) is 10.6 Å². The minimum Gasteiger partial charge on any atom is -0.496 e. The Kier molecular flexibility index (Phi) is 9.37. The minimum atomic E-state index is 0.454. The van der Waals surface area contributed by atoms with Gasteiger partial charge in [-0.1, -0.05) is 30.9 Å². The van der Waals surface area contributed by atoms with Crippen LogP contribution in [0, 0.1) is 0 Å². The molecule has 2 aromatic carbocycles. The molecule has 0 aliphatic carbocycles. The van der Waals surface area contributed by atoms with Crippen LogP contribution in [0.15, 0.2) is 54.0 Å². The number of guanidine groups is 1. The summed E-state index contributed by atoms with van der Waals surface area (Å²) in [6.07, 6.45) is 1.72. The number of rotatable bonds is 11. The number of ether oxygens (including phenoxy) is 4. The van der Waals surface area contributed by atoms with Gasteiger partial charge in [0.05, 0.1) is 40.0 Å². The van der Waals surface area contributed by atoms with Gasteiger partial charge in [-0.15, -0.1) is 0 Å². The van der Waals surface area contributed by atoms with Crippen LogP contribution >= 0.6 is 0 Å². The number of methoxy groups -OCH3 is 3. The molecule has 0 saturated carbocycles. The Morgan fingerprint density at radius 2 is 1.70 bits per heavy atom. The van der Waals surface area contributed by atoms with Crippen LogP contribution in [0.3, 0.4) is 0 Å². The van der Waals surface area contributed by atoms with Crippen molar-refractivity contribution >= 4 is 5.96 Å². The average Bonchev–Trinajstić information content (AvgIpc) is 2.79. The van der Waals surface area contributed by atoms with Crippen molar-refractivity contribution in [3.05, 3.63) is 60.2 Å². The standard InChI is InChI=1S/C23H31N3O4/c1-6-12-30-20-11-9-8-10-17(20)15-25-23(24-7-2)26-16-19-21(28-4)13-18(27-3)14-22(19)29-5/h6,8-11,13-14H,1,7,12,15-16H2,2-5H3,(H2,24,25,26). The van der Waals surface area contributed by atoms with E-state index in [1.165, 1.54) is 0 Å². The Labute approximate surface area is 178 Å². The van der Waals surface area contributed by atoms with E-state index >= 15 is 0 Å². The van der Waals surface area contributed by atoms with E-state index < -0.39 is 0 Å². The van der Waals surface area contributed by atoms with Crippen LogP contribution in [0.1, 0.15) is 18.1 Å². The van der Waals surface area contributed by atoms with Gasteiger partial charge in [-0.05, 0) is 13.0 Å². The Morgan fingerprint density at radius 3 is 2.30 bits per heavy atom. The summed E-state index contributed by atoms with van der Waals surface area (Å²) in [7, 11) is 4.85. The van der Waals surface area contributed by atoms with Gasteiger partial charge >= 0.3 is 0 Å². The predicted octanol–water partition coefficient (Wildman–Crippen LogP) is 3.53. The molecule has 30 heavy (non-hydrogen) atoms. The van der Waals surface area contributed by atoms with Crippen molar-refractivity contribution in [2.75, 3.05) is 34.5 Å². The summed E-state index contributed by atoms with van der Waals surface area (Å²) in [6.45, 7) is 7.84. The van der Waals surface area contributed by atoms with E-state index in [1.807, 2.05) is 43.3 Å². The molecule has 0 bridgehead atoms. The Hall–Kier alpha value is -3.35. The van der Waals surface area contributed by atoms with Crippen LogP contribution in [-0.2, 0) is 13.1 Å². The van der Waals surface area contributed by atoms with Gasteiger partial charge in [0.15, 0.2) is 5.96 Å². The number of nitrogens with zero attached hydrogens (tertiary/aromatic N) is 1. The second-order valence-corrected chi connectivity index (χ2v) is 6.27. The first kappa shape index (κ1) is 22.9. The van der Waals surface area contributed by atoms with Crippen LogP contribution in [-0.4, -0.2) is 40.4 Å². The zero-order chi connectivity index (χ0) is 21.8. The summed E-state index contributed by atoms with van der Waals surface area (Å²) in [6, 6.07) is 11.5. The molecule has 0 aromatic heterocycles. The van der Waals surface area contributed by atoms with Crippen molar-refractivity contribution < 1.29 is 18.9 Å². The smallest absolute Gasteiger partial charge is 0.191 e. The summed E-state index contributed by atoms with van der Waals surface area (Å²) in [5, 5.41) is 6.60. The second kappa shape index (κ2) is 12.3. The van der Waals surface area contributed by atoms with E-state index in [0.29, 0.717) is 42.9 Å². The maximum Gasteiger partial charge on any atom is 0.191 e. The normalized spacial score (nSPS) is 10.9. The minimum absolute atomic E-state index is 0.454. The van der Waals surface area contributed by atoms with Gasteiger partial charge in [-0.3, -0.25) is 0 Å². The van der Waals surface area contributed by atoms with Gasteiger partial charge in [0, 0.05) is 24.2 Å². The van der Waals surface area contributed by atoms with E-state index in [4.69, 9.17) is 23.9 Å². The highest BCUT2D eigenvalue weighted by atomic mass is 16.5. The molecule has 162 valence electrons. The lowest BCUT2D eigenvalue weighted by Gasteiger charge is -2.17. The van der Waals surface area contributed by atoms with Crippen LogP contribution < -0.4 is 29.6 Å². The lowest BCUT2D eigenvalue weighted by atomic mass is 10.1. The molecule has 2 aromatic rings. The first-order valence-corrected chi connectivity index (χ1v) is 9.79. The molecular formula is C23H31N3O4. The molecule has 2 N–H and O–H groups in total. The lowest BCUT2D eigenvalue weighted by Crippen LogP contribution is -2.37. The van der Waals surface area contributed by atoms with Crippen LogP contribution in [0.25, 0.3) is 0 Å². The van der Waals surface area contributed by atoms with E-state index in [0.717, 1.165) is 23.4 Å². The summed E-state index contributed by atoms with van der Waals surface area (Å²) in [5.74, 6) is 3.51. The first-order chi connectivity index (χ1) is 14.7. The highest BCUT2D eigenvalue weighted by Crippen LogP contribution is 2.33. The van der Waals surface area contributed by atoms with E-state index in [-0.39, 0.29) is 0 Å². The largest absolute Gasteiger partial charge is 0.496 e. The molecule has 0 aliphatic rings. The molecule has 0 spiro atoms. The molecule has 2 rings (SSSR count). The highest BCUT2D eigenvalue weighted by molar-refractivity contribution is 5.80. The molecule has 0 heterocycles. The molecule has 0 radical (unpaired) electrons. The van der Waals surface area contributed by atoms with Gasteiger partial charge in [-0.2, -0.15) is 0 Å². The van der Waals surface area contributed by atoms with Crippen molar-refractivity contribution in [3.63, 3.8) is 0 Å². The molecule has 7 nitrogen and oxygen atoms in total. The first-order valence-electron chi connectivity index (χ1n) is 9.79. The molecular weight excluding hydrogens is 382 g/mol. The number of nitrogens with one attached hydrogen (secondary N) is 2. The predicted molar refractivity (Wildman–Crippen MR) is 120 cm³/mol. The Morgan fingerprint density at radius 1 is 1.00 bits per heavy atom. The molecule has 7 heteroatoms. The molecule has 0 amide bonds. The molecule has 0 fully saturated rings. The van der Waals surface area contributed by atoms with Gasteiger partial charge in [0.1, 0.15) is 29.6 Å². The van der Waals surface area contributed by atoms with Crippen molar-refractivity contribution in [2.24, 2.45) is 4.99 Å². The third-order valence-corrected chi connectivity index (χ3v) is 4.33. The highest BCUT2D eigenvalue weighted by Gasteiger charge is 2.14. The summed E-state index contributed by atoms with van der Waals surface area (Å²) >= 11 is 0. The number of para-hydroxylation sites is 1. The Balaban J connectivity index is 2.18. The van der Waals surface area contributed by atoms with Crippen molar-refractivity contribution in [3.8, 4) is 23.0 Å². The number of hydrogen-bond donors (Lipinski definition) is 2. The van der Waals surface area contributed by atoms with Crippen molar-refractivity contribution in [2.45, 2.75) is 20.0 Å². The summed E-state index contributed by atoms with van der Waals surface area (Å²) in [5.41, 5.74) is 1.87. The van der Waals surface area contributed by atoms with Crippen LogP contribution in [0.4, 0.5) is 0 Å². The maximum atomic E-state index is 5.72. The second-order valence-electron chi connectivity index (χ2n) is 6.27. The van der Waals surface area contributed by atoms with Gasteiger partial charge in [0.25, 0.3) is 0 Å². The molecule has 0 unspecified atom stereocenters. The third-order valence-electron chi connectivity index (χ3n) is 4.33. The van der Waals surface area contributed by atoms with E-state index in [2.05, 4.69) is 17.2 Å². The SMILES string of the molecule is C=CCOc1ccccc1CN=C(NCC)NCc1c(OC)cc(OC)cc1OC. The maximum absolute atomic E-state index is 5.72. The topological polar surface area (TPSA) is 73.3 Å². The zero-order valence-corrected chi connectivity index (χ0v) is 18.2. The summed E-state index contributed by atoms with van der Waals surface area (Å²) in [4.78, 5) is 4.69. The fourth-order valence-electron chi connectivity index (χ4n) is 2.85. The van der Waals surface area contributed by atoms with Crippen LogP contribution in [0.2, 0.25) is 0 Å². The molecule has 0 aliphatic heterocycles. The third kappa shape index (κ3) is 6.34. The number of aliphatic imine (C=N–C) groups is 1. The Bertz CT molecular complexity index is 827. The monoisotopic (exact) mass is 413 g/mol. The van der Waals surface area contributed by atoms with Crippen LogP contribution in [0.5, 0.6) is 23.0 Å². The van der Waals surface area contributed by atoms with E-state index in [1.54, 1.807) is 27.4 Å². The summed E-state index contributed by atoms with van der Waals surface area (Å²) < 4.78 is 22.1. The van der Waals surface area contributed by atoms with Gasteiger partial charge in [-0.25, -0.2) is 4.99 Å². The van der Waals surface area contributed by atoms with Gasteiger partial charge in [0.2, 0.25) is 0 Å². The quantitative estimate of drug-likeness (QED) is 0.334.